The van der Waals surface area contributed by atoms with Gasteiger partial charge in [-0.25, -0.2) is 0 Å². The molecule has 0 aliphatic carbocycles. The first-order valence-corrected chi connectivity index (χ1v) is 8.11. The Kier molecular flexibility index (Phi) is 5.50. The third-order valence-corrected chi connectivity index (χ3v) is 3.96. The molecule has 0 aliphatic rings. The molecule has 2 nitrogen and oxygen atoms in total. The van der Waals surface area contributed by atoms with Gasteiger partial charge in [0.25, 0.3) is 0 Å². The van der Waals surface area contributed by atoms with Gasteiger partial charge in [0.1, 0.15) is 11.5 Å². The number of hydrogen-bond donors (Lipinski definition) is 1. The zero-order chi connectivity index (χ0) is 14.4. The molecule has 0 spiro atoms. The van der Waals surface area contributed by atoms with Crippen molar-refractivity contribution in [3.8, 4) is 11.5 Å². The van der Waals surface area contributed by atoms with E-state index in [1.165, 1.54) is 5.56 Å². The van der Waals surface area contributed by atoms with Crippen LogP contribution in [0.5, 0.6) is 11.5 Å². The molecule has 20 heavy (non-hydrogen) atoms. The first-order chi connectivity index (χ1) is 9.74. The Morgan fingerprint density at radius 2 is 1.80 bits per heavy atom. The summed E-state index contributed by atoms with van der Waals surface area (Å²) in [6.07, 6.45) is 2.06. The van der Waals surface area contributed by atoms with Crippen LogP contribution >= 0.6 is 11.8 Å². The number of thioether (sulfide) groups is 1. The summed E-state index contributed by atoms with van der Waals surface area (Å²) in [4.78, 5) is 1.15. The van der Waals surface area contributed by atoms with Gasteiger partial charge in [0.05, 0.1) is 0 Å². The summed E-state index contributed by atoms with van der Waals surface area (Å²) in [6, 6.07) is 16.8. The third kappa shape index (κ3) is 3.78. The Morgan fingerprint density at radius 1 is 1.10 bits per heavy atom. The van der Waals surface area contributed by atoms with Crippen molar-refractivity contribution in [2.75, 3.05) is 12.8 Å². The van der Waals surface area contributed by atoms with Gasteiger partial charge in [0.2, 0.25) is 0 Å². The van der Waals surface area contributed by atoms with Crippen molar-refractivity contribution in [1.82, 2.24) is 5.32 Å². The number of para-hydroxylation sites is 1. The molecule has 2 aromatic rings. The van der Waals surface area contributed by atoms with Gasteiger partial charge in [-0.3, -0.25) is 0 Å². The molecule has 0 saturated carbocycles. The summed E-state index contributed by atoms with van der Waals surface area (Å²) in [7, 11) is 0. The topological polar surface area (TPSA) is 21.3 Å². The van der Waals surface area contributed by atoms with Crippen molar-refractivity contribution in [3.05, 3.63) is 54.1 Å². The van der Waals surface area contributed by atoms with E-state index >= 15 is 0 Å². The lowest BCUT2D eigenvalue weighted by atomic mass is 10.1. The van der Waals surface area contributed by atoms with Crippen LogP contribution in [0.15, 0.2) is 53.4 Å². The molecule has 1 atom stereocenters. The standard InChI is InChI=1S/C17H21NOS/c1-4-18-13(2)14-9-11-15(12-10-14)19-16-7-5-6-8-17(16)20-3/h5-13,18H,4H2,1-3H3. The summed E-state index contributed by atoms with van der Waals surface area (Å²) in [5.41, 5.74) is 1.28. The number of benzene rings is 2. The van der Waals surface area contributed by atoms with Gasteiger partial charge >= 0.3 is 0 Å². The quantitative estimate of drug-likeness (QED) is 0.766. The molecule has 1 unspecified atom stereocenters. The lowest BCUT2D eigenvalue weighted by Crippen LogP contribution is -2.17. The second kappa shape index (κ2) is 7.36. The Bertz CT molecular complexity index is 539. The highest BCUT2D eigenvalue weighted by Crippen LogP contribution is 2.31. The summed E-state index contributed by atoms with van der Waals surface area (Å²) >= 11 is 1.69. The van der Waals surface area contributed by atoms with Crippen molar-refractivity contribution >= 4 is 11.8 Å². The minimum Gasteiger partial charge on any atom is -0.456 e. The highest BCUT2D eigenvalue weighted by molar-refractivity contribution is 7.98. The van der Waals surface area contributed by atoms with Crippen LogP contribution in [-0.4, -0.2) is 12.8 Å². The minimum atomic E-state index is 0.368. The van der Waals surface area contributed by atoms with E-state index in [1.54, 1.807) is 11.8 Å². The Hall–Kier alpha value is -1.45. The SMILES string of the molecule is CCNC(C)c1ccc(Oc2ccccc2SC)cc1. The summed E-state index contributed by atoms with van der Waals surface area (Å²) in [6.45, 7) is 5.26. The Balaban J connectivity index is 2.11. The van der Waals surface area contributed by atoms with Crippen LogP contribution in [0.2, 0.25) is 0 Å². The van der Waals surface area contributed by atoms with Crippen LogP contribution in [-0.2, 0) is 0 Å². The van der Waals surface area contributed by atoms with Crippen molar-refractivity contribution < 1.29 is 4.74 Å². The average molecular weight is 287 g/mol. The molecule has 0 radical (unpaired) electrons. The van der Waals surface area contributed by atoms with Gasteiger partial charge in [-0.05, 0) is 49.6 Å². The van der Waals surface area contributed by atoms with Gasteiger partial charge < -0.3 is 10.1 Å². The molecule has 106 valence electrons. The lowest BCUT2D eigenvalue weighted by molar-refractivity contribution is 0.470. The van der Waals surface area contributed by atoms with Gasteiger partial charge in [-0.1, -0.05) is 31.2 Å². The van der Waals surface area contributed by atoms with E-state index in [0.29, 0.717) is 6.04 Å². The molecule has 0 fully saturated rings. The van der Waals surface area contributed by atoms with Crippen molar-refractivity contribution in [2.24, 2.45) is 0 Å². The first-order valence-electron chi connectivity index (χ1n) is 6.88. The van der Waals surface area contributed by atoms with Gasteiger partial charge in [-0.15, -0.1) is 11.8 Å². The Morgan fingerprint density at radius 3 is 2.45 bits per heavy atom. The molecule has 2 aromatic carbocycles. The molecule has 3 heteroatoms. The molecule has 1 N–H and O–H groups in total. The maximum Gasteiger partial charge on any atom is 0.140 e. The number of hydrogen-bond acceptors (Lipinski definition) is 3. The summed E-state index contributed by atoms with van der Waals surface area (Å²) < 4.78 is 5.95. The maximum atomic E-state index is 5.95. The fraction of sp³-hybridized carbons (Fsp3) is 0.294. The summed E-state index contributed by atoms with van der Waals surface area (Å²) in [5.74, 6) is 1.78. The average Bonchev–Trinajstić information content (AvgIpc) is 2.49. The molecule has 0 bridgehead atoms. The monoisotopic (exact) mass is 287 g/mol. The van der Waals surface area contributed by atoms with Crippen LogP contribution in [0.3, 0.4) is 0 Å². The van der Waals surface area contributed by atoms with Crippen LogP contribution < -0.4 is 10.1 Å². The number of rotatable bonds is 6. The first kappa shape index (κ1) is 14.9. The molecular formula is C17H21NOS. The Labute approximate surface area is 125 Å². The van der Waals surface area contributed by atoms with E-state index in [9.17, 15) is 0 Å². The smallest absolute Gasteiger partial charge is 0.140 e. The van der Waals surface area contributed by atoms with E-state index in [4.69, 9.17) is 4.74 Å². The summed E-state index contributed by atoms with van der Waals surface area (Å²) in [5, 5.41) is 3.41. The fourth-order valence-electron chi connectivity index (χ4n) is 2.08. The predicted molar refractivity (Wildman–Crippen MR) is 86.8 cm³/mol. The van der Waals surface area contributed by atoms with E-state index in [-0.39, 0.29) is 0 Å². The molecule has 0 heterocycles. The van der Waals surface area contributed by atoms with E-state index in [1.807, 2.05) is 30.3 Å². The van der Waals surface area contributed by atoms with Crippen LogP contribution in [0, 0.1) is 0 Å². The van der Waals surface area contributed by atoms with Crippen molar-refractivity contribution in [2.45, 2.75) is 24.8 Å². The molecule has 0 aromatic heterocycles. The van der Waals surface area contributed by atoms with E-state index in [0.717, 1.165) is 22.9 Å². The van der Waals surface area contributed by atoms with Crippen LogP contribution in [0.4, 0.5) is 0 Å². The molecule has 0 aliphatic heterocycles. The molecule has 2 rings (SSSR count). The number of nitrogens with one attached hydrogen (secondary N) is 1. The zero-order valence-corrected chi connectivity index (χ0v) is 13.0. The van der Waals surface area contributed by atoms with Crippen molar-refractivity contribution in [3.63, 3.8) is 0 Å². The van der Waals surface area contributed by atoms with E-state index < -0.39 is 0 Å². The lowest BCUT2D eigenvalue weighted by Gasteiger charge is -2.14. The third-order valence-electron chi connectivity index (χ3n) is 3.19. The molecule has 0 amide bonds. The highest BCUT2D eigenvalue weighted by Gasteiger charge is 2.06. The number of ether oxygens (including phenoxy) is 1. The minimum absolute atomic E-state index is 0.368. The maximum absolute atomic E-state index is 5.95. The van der Waals surface area contributed by atoms with Crippen LogP contribution in [0.1, 0.15) is 25.5 Å². The van der Waals surface area contributed by atoms with Gasteiger partial charge in [0.15, 0.2) is 0 Å². The van der Waals surface area contributed by atoms with Gasteiger partial charge in [0, 0.05) is 10.9 Å². The van der Waals surface area contributed by atoms with Crippen molar-refractivity contribution in [1.29, 1.82) is 0 Å². The molecule has 0 saturated heterocycles. The second-order valence-electron chi connectivity index (χ2n) is 4.60. The largest absolute Gasteiger partial charge is 0.456 e. The zero-order valence-electron chi connectivity index (χ0n) is 12.2. The van der Waals surface area contributed by atoms with Crippen LogP contribution in [0.25, 0.3) is 0 Å². The van der Waals surface area contributed by atoms with E-state index in [2.05, 4.69) is 43.6 Å². The molecular weight excluding hydrogens is 266 g/mol. The predicted octanol–water partition coefficient (Wildman–Crippen LogP) is 4.87. The second-order valence-corrected chi connectivity index (χ2v) is 5.45. The highest BCUT2D eigenvalue weighted by atomic mass is 32.2. The van der Waals surface area contributed by atoms with Gasteiger partial charge in [-0.2, -0.15) is 0 Å². The fourth-order valence-corrected chi connectivity index (χ4v) is 2.60. The normalized spacial score (nSPS) is 12.2.